The quantitative estimate of drug-likeness (QED) is 0.252. The molecule has 0 radical (unpaired) electrons. The zero-order chi connectivity index (χ0) is 7.98. The molecule has 54 valence electrons. The first kappa shape index (κ1) is 8.43. The van der Waals surface area contributed by atoms with E-state index in [-0.39, 0.29) is 12.3 Å². The van der Waals surface area contributed by atoms with Crippen LogP contribution in [-0.2, 0) is 9.53 Å². The molecule has 0 aliphatic rings. The van der Waals surface area contributed by atoms with Gasteiger partial charge in [-0.25, -0.2) is 0 Å². The lowest BCUT2D eigenvalue weighted by Gasteiger charge is -1.94. The fourth-order valence-electron chi connectivity index (χ4n) is 0.253. The minimum absolute atomic E-state index is 0.227. The molecule has 5 nitrogen and oxygen atoms in total. The number of hydrogen-bond donors (Lipinski definition) is 1. The van der Waals surface area contributed by atoms with Gasteiger partial charge in [0.2, 0.25) is 0 Å². The van der Waals surface area contributed by atoms with E-state index >= 15 is 0 Å². The van der Waals surface area contributed by atoms with E-state index in [4.69, 9.17) is 10.5 Å². The Hall–Kier alpha value is -1.57. The molecule has 0 aliphatic carbocycles. The smallest absolute Gasteiger partial charge is 0.303 e. The number of ether oxygens (including phenoxy) is 1. The molecule has 0 amide bonds. The van der Waals surface area contributed by atoms with Gasteiger partial charge in [0.05, 0.1) is 0 Å². The number of carbonyl (C=O) groups excluding carboxylic acids is 1. The molecule has 5 heteroatoms. The van der Waals surface area contributed by atoms with Gasteiger partial charge in [-0.3, -0.25) is 4.79 Å². The molecule has 0 aromatic carbocycles. The third-order valence-electron chi connectivity index (χ3n) is 0.662. The average molecular weight is 142 g/mol. The van der Waals surface area contributed by atoms with Crippen molar-refractivity contribution in [2.75, 3.05) is 6.61 Å². The minimum atomic E-state index is -0.517. The van der Waals surface area contributed by atoms with E-state index in [1.54, 1.807) is 0 Å². The van der Waals surface area contributed by atoms with Gasteiger partial charge in [-0.2, -0.15) is 5.26 Å². The van der Waals surface area contributed by atoms with Crippen LogP contribution in [-0.4, -0.2) is 23.5 Å². The zero-order valence-corrected chi connectivity index (χ0v) is 5.37. The molecule has 0 saturated heterocycles. The summed E-state index contributed by atoms with van der Waals surface area (Å²) >= 11 is 0. The largest absolute Gasteiger partial charge is 0.458 e. The van der Waals surface area contributed by atoms with Crippen molar-refractivity contribution >= 4 is 11.7 Å². The molecule has 0 aromatic heterocycles. The number of nitrogens with zero attached hydrogens (tertiary/aromatic N) is 2. The van der Waals surface area contributed by atoms with Gasteiger partial charge in [-0.05, 0) is 0 Å². The second kappa shape index (κ2) is 4.32. The molecule has 0 rings (SSSR count). The fraction of sp³-hybridized carbons (Fsp3) is 0.400. The molecule has 10 heavy (non-hydrogen) atoms. The van der Waals surface area contributed by atoms with Crippen molar-refractivity contribution in [3.8, 4) is 6.07 Å². The molecule has 0 aromatic rings. The van der Waals surface area contributed by atoms with Crippen molar-refractivity contribution in [2.24, 2.45) is 5.16 Å². The molecule has 0 saturated carbocycles. The number of hydrogen-bond acceptors (Lipinski definition) is 5. The predicted molar refractivity (Wildman–Crippen MR) is 31.5 cm³/mol. The van der Waals surface area contributed by atoms with Crippen molar-refractivity contribution in [3.63, 3.8) is 0 Å². The van der Waals surface area contributed by atoms with Crippen LogP contribution in [0.5, 0.6) is 0 Å². The number of rotatable bonds is 2. The molecule has 0 fully saturated rings. The molecule has 0 atom stereocenters. The fourth-order valence-corrected chi connectivity index (χ4v) is 0.253. The second-order valence-corrected chi connectivity index (χ2v) is 1.44. The van der Waals surface area contributed by atoms with Gasteiger partial charge in [-0.1, -0.05) is 5.16 Å². The molecule has 0 aliphatic heterocycles. The van der Waals surface area contributed by atoms with Crippen molar-refractivity contribution in [1.29, 1.82) is 5.26 Å². The van der Waals surface area contributed by atoms with Crippen LogP contribution in [0.4, 0.5) is 0 Å². The van der Waals surface area contributed by atoms with Crippen LogP contribution in [0.25, 0.3) is 0 Å². The molecule has 1 N–H and O–H groups in total. The van der Waals surface area contributed by atoms with Crippen LogP contribution in [0.3, 0.4) is 0 Å². The summed E-state index contributed by atoms with van der Waals surface area (Å²) in [4.78, 5) is 10.1. The highest BCUT2D eigenvalue weighted by atomic mass is 16.5. The SMILES string of the molecule is CC(=O)OC/C(C#N)=N/O. The Labute approximate surface area is 57.5 Å². The molecular formula is C5H6N2O3. The maximum Gasteiger partial charge on any atom is 0.303 e. The summed E-state index contributed by atoms with van der Waals surface area (Å²) in [6.45, 7) is 0.925. The van der Waals surface area contributed by atoms with Gasteiger partial charge in [0.1, 0.15) is 12.7 Å². The normalized spacial score (nSPS) is 10.2. The summed E-state index contributed by atoms with van der Waals surface area (Å²) in [5, 5.41) is 18.7. The first-order valence-electron chi connectivity index (χ1n) is 2.45. The molecular weight excluding hydrogens is 136 g/mol. The van der Waals surface area contributed by atoms with Crippen molar-refractivity contribution in [3.05, 3.63) is 0 Å². The summed E-state index contributed by atoms with van der Waals surface area (Å²) in [7, 11) is 0. The first-order valence-corrected chi connectivity index (χ1v) is 2.45. The Kier molecular flexibility index (Phi) is 3.64. The van der Waals surface area contributed by atoms with E-state index in [0.717, 1.165) is 0 Å². The Bertz CT molecular complexity index is 192. The standard InChI is InChI=1S/C5H6N2O3/c1-4(8)10-3-5(2-6)7-9/h9H,3H2,1H3/b7-5+. The molecule has 0 bridgehead atoms. The summed E-state index contributed by atoms with van der Waals surface area (Å²) in [6.07, 6.45) is 0. The van der Waals surface area contributed by atoms with Gasteiger partial charge in [0.25, 0.3) is 0 Å². The summed E-state index contributed by atoms with van der Waals surface area (Å²) in [5.41, 5.74) is -0.227. The highest BCUT2D eigenvalue weighted by Gasteiger charge is 1.99. The molecule has 0 heterocycles. The van der Waals surface area contributed by atoms with Crippen LogP contribution in [0.15, 0.2) is 5.16 Å². The van der Waals surface area contributed by atoms with E-state index in [1.165, 1.54) is 13.0 Å². The third kappa shape index (κ3) is 3.43. The maximum atomic E-state index is 10.1. The summed E-state index contributed by atoms with van der Waals surface area (Å²) in [6, 6.07) is 1.53. The van der Waals surface area contributed by atoms with E-state index < -0.39 is 5.97 Å². The predicted octanol–water partition coefficient (Wildman–Crippen LogP) is -0.0967. The van der Waals surface area contributed by atoms with Crippen molar-refractivity contribution in [2.45, 2.75) is 6.92 Å². The number of carbonyl (C=O) groups is 1. The van der Waals surface area contributed by atoms with E-state index in [0.29, 0.717) is 0 Å². The van der Waals surface area contributed by atoms with Gasteiger partial charge in [0.15, 0.2) is 5.71 Å². The van der Waals surface area contributed by atoms with E-state index in [1.807, 2.05) is 0 Å². The zero-order valence-electron chi connectivity index (χ0n) is 5.37. The lowest BCUT2D eigenvalue weighted by molar-refractivity contribution is -0.139. The van der Waals surface area contributed by atoms with E-state index in [9.17, 15) is 4.79 Å². The van der Waals surface area contributed by atoms with Crippen LogP contribution in [0.2, 0.25) is 0 Å². The van der Waals surface area contributed by atoms with Crippen molar-refractivity contribution < 1.29 is 14.7 Å². The Balaban J connectivity index is 3.70. The van der Waals surface area contributed by atoms with Crippen LogP contribution >= 0.6 is 0 Å². The average Bonchev–Trinajstić information content (AvgIpc) is 1.90. The van der Waals surface area contributed by atoms with Gasteiger partial charge in [-0.15, -0.1) is 0 Å². The highest BCUT2D eigenvalue weighted by Crippen LogP contribution is 1.79. The number of nitriles is 1. The first-order chi connectivity index (χ1) is 4.70. The molecule has 0 spiro atoms. The second-order valence-electron chi connectivity index (χ2n) is 1.44. The summed E-state index contributed by atoms with van der Waals surface area (Å²) < 4.78 is 4.33. The third-order valence-corrected chi connectivity index (χ3v) is 0.662. The lowest BCUT2D eigenvalue weighted by atomic mass is 10.4. The lowest BCUT2D eigenvalue weighted by Crippen LogP contribution is -2.09. The maximum absolute atomic E-state index is 10.1. The Morgan fingerprint density at radius 1 is 1.90 bits per heavy atom. The van der Waals surface area contributed by atoms with Crippen molar-refractivity contribution in [1.82, 2.24) is 0 Å². The van der Waals surface area contributed by atoms with Crippen LogP contribution < -0.4 is 0 Å². The van der Waals surface area contributed by atoms with Gasteiger partial charge >= 0.3 is 5.97 Å². The van der Waals surface area contributed by atoms with Gasteiger partial charge in [0, 0.05) is 6.92 Å². The number of esters is 1. The highest BCUT2D eigenvalue weighted by molar-refractivity contribution is 5.99. The van der Waals surface area contributed by atoms with Crippen LogP contribution in [0, 0.1) is 11.3 Å². The monoisotopic (exact) mass is 142 g/mol. The van der Waals surface area contributed by atoms with Crippen LogP contribution in [0.1, 0.15) is 6.92 Å². The Morgan fingerprint density at radius 2 is 2.50 bits per heavy atom. The minimum Gasteiger partial charge on any atom is -0.458 e. The Morgan fingerprint density at radius 3 is 2.80 bits per heavy atom. The van der Waals surface area contributed by atoms with Gasteiger partial charge < -0.3 is 9.94 Å². The molecule has 0 unspecified atom stereocenters. The summed E-state index contributed by atoms with van der Waals surface area (Å²) in [5.74, 6) is -0.517. The topological polar surface area (TPSA) is 82.7 Å². The number of oxime groups is 1. The van der Waals surface area contributed by atoms with E-state index in [2.05, 4.69) is 9.89 Å².